The second-order valence-corrected chi connectivity index (χ2v) is 8.68. The lowest BCUT2D eigenvalue weighted by Crippen LogP contribution is -2.46. The van der Waals surface area contributed by atoms with Crippen LogP contribution in [-0.4, -0.2) is 58.2 Å². The molecule has 1 aromatic carbocycles. The van der Waals surface area contributed by atoms with E-state index in [0.717, 1.165) is 16.8 Å². The summed E-state index contributed by atoms with van der Waals surface area (Å²) in [4.78, 5) is 27.1. The first kappa shape index (κ1) is 23.4. The molecule has 9 heteroatoms. The molecule has 0 saturated carbocycles. The molecule has 5 rings (SSSR count). The molecule has 0 bridgehead atoms. The Balaban J connectivity index is 0.00000259. The first-order chi connectivity index (χ1) is 15.4. The normalized spacial score (nSPS) is 19.1. The van der Waals surface area contributed by atoms with Crippen molar-refractivity contribution in [2.45, 2.75) is 39.1 Å². The van der Waals surface area contributed by atoms with Crippen LogP contribution in [-0.2, 0) is 26.5 Å². The summed E-state index contributed by atoms with van der Waals surface area (Å²) in [5, 5.41) is 0. The minimum absolute atomic E-state index is 0. The Morgan fingerprint density at radius 3 is 2.88 bits per heavy atom. The maximum atomic E-state index is 11.7. The molecule has 0 aliphatic carbocycles. The van der Waals surface area contributed by atoms with Crippen molar-refractivity contribution in [3.63, 3.8) is 0 Å². The number of hydrogen-bond acceptors (Lipinski definition) is 7. The molecule has 0 spiro atoms. The highest BCUT2D eigenvalue weighted by Crippen LogP contribution is 2.38. The van der Waals surface area contributed by atoms with Gasteiger partial charge in [0.15, 0.2) is 5.52 Å². The molecule has 1 fully saturated rings. The number of hydrogen-bond donors (Lipinski definition) is 0. The Morgan fingerprint density at radius 2 is 2.06 bits per heavy atom. The highest BCUT2D eigenvalue weighted by molar-refractivity contribution is 7.59. The molecule has 33 heavy (non-hydrogen) atoms. The smallest absolute Gasteiger partial charge is 0.242 e. The lowest BCUT2D eigenvalue weighted by molar-refractivity contribution is -0.137. The van der Waals surface area contributed by atoms with Crippen molar-refractivity contribution in [1.82, 2.24) is 19.9 Å². The fraction of sp³-hybridized carbons (Fsp3) is 0.417. The van der Waals surface area contributed by atoms with Crippen LogP contribution in [0.25, 0.3) is 22.3 Å². The summed E-state index contributed by atoms with van der Waals surface area (Å²) in [7, 11) is 0. The first-order valence-electron chi connectivity index (χ1n) is 10.8. The molecule has 2 aromatic heterocycles. The fourth-order valence-electron chi connectivity index (χ4n) is 4.27. The van der Waals surface area contributed by atoms with E-state index >= 15 is 0 Å². The second kappa shape index (κ2) is 9.24. The molecule has 3 aromatic rings. The van der Waals surface area contributed by atoms with Gasteiger partial charge in [-0.15, -0.1) is 0 Å². The molecule has 4 heterocycles. The van der Waals surface area contributed by atoms with E-state index in [2.05, 4.69) is 42.0 Å². The van der Waals surface area contributed by atoms with Gasteiger partial charge in [0.1, 0.15) is 12.7 Å². The van der Waals surface area contributed by atoms with E-state index in [0.29, 0.717) is 43.2 Å². The average molecular weight is 469 g/mol. The summed E-state index contributed by atoms with van der Waals surface area (Å²) >= 11 is 0. The average Bonchev–Trinajstić information content (AvgIpc) is 3.11. The summed E-state index contributed by atoms with van der Waals surface area (Å²) in [5.41, 5.74) is 5.12. The van der Waals surface area contributed by atoms with E-state index in [4.69, 9.17) is 19.2 Å². The summed E-state index contributed by atoms with van der Waals surface area (Å²) in [6.07, 6.45) is 3.06. The highest BCUT2D eigenvalue weighted by atomic mass is 32.1. The number of carbonyl (C=O) groups excluding carboxylic acids is 1. The quantitative estimate of drug-likeness (QED) is 0.581. The largest absolute Gasteiger partial charge is 0.473 e. The minimum atomic E-state index is -0.280. The number of morpholine rings is 1. The third kappa shape index (κ3) is 4.66. The Labute approximate surface area is 199 Å². The van der Waals surface area contributed by atoms with Crippen molar-refractivity contribution >= 4 is 30.4 Å². The predicted octanol–water partition coefficient (Wildman–Crippen LogP) is 3.20. The minimum Gasteiger partial charge on any atom is -0.473 e. The summed E-state index contributed by atoms with van der Waals surface area (Å²) in [6, 6.07) is 8.20. The van der Waals surface area contributed by atoms with Gasteiger partial charge in [-0.2, -0.15) is 13.5 Å². The Bertz CT molecular complexity index is 1190. The molecule has 0 unspecified atom stereocenters. The van der Waals surface area contributed by atoms with Gasteiger partial charge in [-0.1, -0.05) is 12.1 Å². The number of carbonyl (C=O) groups is 1. The number of pyridine rings is 1. The van der Waals surface area contributed by atoms with Gasteiger partial charge in [0, 0.05) is 31.4 Å². The molecule has 0 N–H and O–H groups in total. The number of nitrogens with zero attached hydrogens (tertiary/aromatic N) is 4. The van der Waals surface area contributed by atoms with Gasteiger partial charge in [0.25, 0.3) is 0 Å². The van der Waals surface area contributed by atoms with Crippen LogP contribution >= 0.6 is 13.5 Å². The molecule has 1 saturated heterocycles. The van der Waals surface area contributed by atoms with Crippen LogP contribution in [0.3, 0.4) is 0 Å². The fourth-order valence-corrected chi connectivity index (χ4v) is 4.27. The third-order valence-corrected chi connectivity index (χ3v) is 6.05. The van der Waals surface area contributed by atoms with Crippen molar-refractivity contribution in [1.29, 1.82) is 0 Å². The maximum absolute atomic E-state index is 11.7. The van der Waals surface area contributed by atoms with Gasteiger partial charge in [-0.05, 0) is 37.1 Å². The number of amides is 1. The maximum Gasteiger partial charge on any atom is 0.242 e. The standard InChI is InChI=1S/C24H26N4O4.H2S/c1-15(29)28-8-9-30-18(12-28)14-31-23-22-21(25-6-7-26-22)11-20(27-23)16-4-5-19-17(10-16)13-32-24(19,2)3;/h4-7,10-11,18H,8-9,12-14H2,1-3H3;1H2/t18-;/m0./s1. The monoisotopic (exact) mass is 468 g/mol. The van der Waals surface area contributed by atoms with Gasteiger partial charge in [0.2, 0.25) is 11.8 Å². The van der Waals surface area contributed by atoms with Crippen LogP contribution in [0.2, 0.25) is 0 Å². The third-order valence-electron chi connectivity index (χ3n) is 6.05. The molecular formula is C24H28N4O4S. The molecule has 0 radical (unpaired) electrons. The highest BCUT2D eigenvalue weighted by Gasteiger charge is 2.31. The van der Waals surface area contributed by atoms with Gasteiger partial charge in [0.05, 0.1) is 36.6 Å². The number of aromatic nitrogens is 3. The Morgan fingerprint density at radius 1 is 1.24 bits per heavy atom. The van der Waals surface area contributed by atoms with E-state index in [9.17, 15) is 4.79 Å². The zero-order valence-electron chi connectivity index (χ0n) is 19.0. The SMILES string of the molecule is CC(=O)N1CCO[C@H](COc2nc(-c3ccc4c(c3)COC4(C)C)cc3nccnc23)C1.S. The first-order valence-corrected chi connectivity index (χ1v) is 10.8. The van der Waals surface area contributed by atoms with Crippen LogP contribution in [0.5, 0.6) is 5.88 Å². The van der Waals surface area contributed by atoms with Crippen molar-refractivity contribution < 1.29 is 19.0 Å². The Kier molecular flexibility index (Phi) is 6.56. The van der Waals surface area contributed by atoms with E-state index in [1.54, 1.807) is 24.2 Å². The number of fused-ring (bicyclic) bond motifs is 2. The predicted molar refractivity (Wildman–Crippen MR) is 128 cm³/mol. The van der Waals surface area contributed by atoms with Crippen molar-refractivity contribution in [2.24, 2.45) is 0 Å². The summed E-state index contributed by atoms with van der Waals surface area (Å²) in [5.74, 6) is 0.449. The zero-order valence-corrected chi connectivity index (χ0v) is 20.0. The molecule has 2 aliphatic heterocycles. The van der Waals surface area contributed by atoms with Gasteiger partial charge in [-0.25, -0.2) is 9.97 Å². The summed E-state index contributed by atoms with van der Waals surface area (Å²) < 4.78 is 17.8. The van der Waals surface area contributed by atoms with Crippen molar-refractivity contribution in [3.8, 4) is 17.1 Å². The van der Waals surface area contributed by atoms with E-state index < -0.39 is 0 Å². The number of benzene rings is 1. The zero-order chi connectivity index (χ0) is 22.3. The number of rotatable bonds is 4. The summed E-state index contributed by atoms with van der Waals surface area (Å²) in [6.45, 7) is 8.18. The molecule has 174 valence electrons. The van der Waals surface area contributed by atoms with Crippen LogP contribution in [0, 0.1) is 0 Å². The van der Waals surface area contributed by atoms with Crippen LogP contribution < -0.4 is 4.74 Å². The second-order valence-electron chi connectivity index (χ2n) is 8.68. The lowest BCUT2D eigenvalue weighted by atomic mass is 9.94. The molecular weight excluding hydrogens is 440 g/mol. The van der Waals surface area contributed by atoms with Crippen LogP contribution in [0.1, 0.15) is 31.9 Å². The topological polar surface area (TPSA) is 86.7 Å². The van der Waals surface area contributed by atoms with E-state index in [-0.39, 0.29) is 37.7 Å². The van der Waals surface area contributed by atoms with E-state index in [1.807, 2.05) is 6.07 Å². The van der Waals surface area contributed by atoms with Crippen molar-refractivity contribution in [2.75, 3.05) is 26.3 Å². The van der Waals surface area contributed by atoms with Crippen LogP contribution in [0.4, 0.5) is 0 Å². The molecule has 2 aliphatic rings. The van der Waals surface area contributed by atoms with E-state index in [1.165, 1.54) is 5.56 Å². The molecule has 8 nitrogen and oxygen atoms in total. The van der Waals surface area contributed by atoms with Crippen LogP contribution in [0.15, 0.2) is 36.7 Å². The molecule has 1 amide bonds. The van der Waals surface area contributed by atoms with Crippen molar-refractivity contribution in [3.05, 3.63) is 47.8 Å². The van der Waals surface area contributed by atoms with Gasteiger partial charge < -0.3 is 19.1 Å². The molecule has 1 atom stereocenters. The van der Waals surface area contributed by atoms with Gasteiger partial charge in [-0.3, -0.25) is 9.78 Å². The lowest BCUT2D eigenvalue weighted by Gasteiger charge is -2.32. The number of ether oxygens (including phenoxy) is 3. The van der Waals surface area contributed by atoms with Gasteiger partial charge >= 0.3 is 0 Å². The Hall–Kier alpha value is -2.75.